The molecule has 0 radical (unpaired) electrons. The number of fused-ring (bicyclic) bond motifs is 3. The number of rotatable bonds is 3. The van der Waals surface area contributed by atoms with Gasteiger partial charge in [-0.1, -0.05) is 13.8 Å². The average Bonchev–Trinajstić information content (AvgIpc) is 3.15. The van der Waals surface area contributed by atoms with Gasteiger partial charge in [0.2, 0.25) is 0 Å². The van der Waals surface area contributed by atoms with Gasteiger partial charge in [-0.15, -0.1) is 0 Å². The van der Waals surface area contributed by atoms with E-state index in [4.69, 9.17) is 15.0 Å². The predicted octanol–water partition coefficient (Wildman–Crippen LogP) is 3.46. The van der Waals surface area contributed by atoms with E-state index in [2.05, 4.69) is 53.7 Å². The molecule has 1 aliphatic rings. The Labute approximate surface area is 147 Å². The Balaban J connectivity index is 1.99. The minimum Gasteiger partial charge on any atom is -0.367 e. The summed E-state index contributed by atoms with van der Waals surface area (Å²) in [6.45, 7) is 10.5. The average molecular weight is 336 g/mol. The zero-order chi connectivity index (χ0) is 17.7. The van der Waals surface area contributed by atoms with Crippen molar-refractivity contribution in [3.05, 3.63) is 41.2 Å². The molecule has 1 aliphatic heterocycles. The molecule has 1 N–H and O–H groups in total. The molecule has 0 amide bonds. The van der Waals surface area contributed by atoms with Gasteiger partial charge in [0, 0.05) is 18.3 Å². The van der Waals surface area contributed by atoms with Gasteiger partial charge in [-0.3, -0.25) is 4.40 Å². The molecule has 0 aromatic carbocycles. The zero-order valence-corrected chi connectivity index (χ0v) is 15.5. The van der Waals surface area contributed by atoms with Gasteiger partial charge in [0.1, 0.15) is 23.3 Å². The van der Waals surface area contributed by atoms with Crippen LogP contribution in [0.15, 0.2) is 24.0 Å². The second-order valence-corrected chi connectivity index (χ2v) is 6.65. The predicted molar refractivity (Wildman–Crippen MR) is 101 cm³/mol. The smallest absolute Gasteiger partial charge is 0.167 e. The molecular formula is C19H24N6. The molecule has 0 aliphatic carbocycles. The first-order chi connectivity index (χ1) is 12.0. The number of hydrogen-bond acceptors (Lipinski definition) is 5. The molecule has 6 heteroatoms. The van der Waals surface area contributed by atoms with Crippen molar-refractivity contribution in [1.82, 2.24) is 24.7 Å². The minimum absolute atomic E-state index is 0.244. The molecule has 4 heterocycles. The van der Waals surface area contributed by atoms with Crippen LogP contribution in [0.3, 0.4) is 0 Å². The van der Waals surface area contributed by atoms with E-state index in [-0.39, 0.29) is 6.17 Å². The van der Waals surface area contributed by atoms with Crippen molar-refractivity contribution >= 4 is 22.5 Å². The van der Waals surface area contributed by atoms with Crippen molar-refractivity contribution in [2.45, 2.75) is 53.6 Å². The monoisotopic (exact) mass is 336 g/mol. The third-order valence-corrected chi connectivity index (χ3v) is 4.83. The molecule has 0 bridgehead atoms. The summed E-state index contributed by atoms with van der Waals surface area (Å²) in [6, 6.07) is 4.11. The number of nitrogens with one attached hydrogen (secondary N) is 1. The lowest BCUT2D eigenvalue weighted by atomic mass is 10.3. The van der Waals surface area contributed by atoms with Gasteiger partial charge in [-0.05, 0) is 39.3 Å². The Morgan fingerprint density at radius 3 is 2.52 bits per heavy atom. The summed E-state index contributed by atoms with van der Waals surface area (Å²) in [5.41, 5.74) is 6.03. The second kappa shape index (κ2) is 5.72. The van der Waals surface area contributed by atoms with E-state index in [1.54, 1.807) is 0 Å². The molecule has 130 valence electrons. The molecule has 3 aromatic heterocycles. The van der Waals surface area contributed by atoms with Crippen LogP contribution in [0.4, 0.5) is 5.82 Å². The Bertz CT molecular complexity index is 1000. The standard InChI is InChI=1S/C19H24N6/c1-6-15-20-11(3)10-24(15)17-9-8-14-19(23-17)25-16(7-2)22-13(5)18(25)12(4)21-14/h8-10,15,20H,6-7H2,1-5H3. The molecular weight excluding hydrogens is 312 g/mol. The van der Waals surface area contributed by atoms with Gasteiger partial charge in [0.25, 0.3) is 0 Å². The summed E-state index contributed by atoms with van der Waals surface area (Å²) in [4.78, 5) is 16.7. The number of pyridine rings is 1. The summed E-state index contributed by atoms with van der Waals surface area (Å²) >= 11 is 0. The van der Waals surface area contributed by atoms with E-state index in [0.717, 1.165) is 58.2 Å². The Kier molecular flexibility index (Phi) is 3.63. The van der Waals surface area contributed by atoms with E-state index in [0.29, 0.717) is 0 Å². The van der Waals surface area contributed by atoms with Crippen molar-refractivity contribution in [1.29, 1.82) is 0 Å². The maximum absolute atomic E-state index is 4.98. The van der Waals surface area contributed by atoms with Gasteiger partial charge < -0.3 is 10.2 Å². The van der Waals surface area contributed by atoms with Gasteiger partial charge in [-0.2, -0.15) is 0 Å². The Morgan fingerprint density at radius 2 is 1.80 bits per heavy atom. The van der Waals surface area contributed by atoms with Crippen LogP contribution in [-0.4, -0.2) is 25.5 Å². The molecule has 25 heavy (non-hydrogen) atoms. The third kappa shape index (κ3) is 2.35. The fraction of sp³-hybridized carbons (Fsp3) is 0.421. The number of anilines is 1. The van der Waals surface area contributed by atoms with E-state index in [1.807, 2.05) is 13.8 Å². The minimum atomic E-state index is 0.244. The highest BCUT2D eigenvalue weighted by Crippen LogP contribution is 2.26. The van der Waals surface area contributed by atoms with Crippen LogP contribution < -0.4 is 10.2 Å². The number of aryl methyl sites for hydroxylation is 3. The quantitative estimate of drug-likeness (QED) is 0.794. The van der Waals surface area contributed by atoms with Crippen LogP contribution in [0.2, 0.25) is 0 Å². The topological polar surface area (TPSA) is 58.4 Å². The maximum atomic E-state index is 4.98. The van der Waals surface area contributed by atoms with Crippen LogP contribution in [0.1, 0.15) is 44.4 Å². The van der Waals surface area contributed by atoms with Crippen LogP contribution in [-0.2, 0) is 6.42 Å². The van der Waals surface area contributed by atoms with Gasteiger partial charge in [-0.25, -0.2) is 15.0 Å². The molecule has 0 saturated carbocycles. The van der Waals surface area contributed by atoms with Crippen LogP contribution >= 0.6 is 0 Å². The maximum Gasteiger partial charge on any atom is 0.167 e. The van der Waals surface area contributed by atoms with Gasteiger partial charge in [0.15, 0.2) is 5.65 Å². The fourth-order valence-electron chi connectivity index (χ4n) is 3.73. The highest BCUT2D eigenvalue weighted by atomic mass is 15.3. The molecule has 4 rings (SSSR count). The Hall–Kier alpha value is -2.63. The van der Waals surface area contributed by atoms with E-state index < -0.39 is 0 Å². The first kappa shape index (κ1) is 15.9. The lowest BCUT2D eigenvalue weighted by molar-refractivity contribution is 0.587. The first-order valence-corrected chi connectivity index (χ1v) is 8.92. The lowest BCUT2D eigenvalue weighted by Crippen LogP contribution is -2.35. The number of hydrogen-bond donors (Lipinski definition) is 1. The Morgan fingerprint density at radius 1 is 1.04 bits per heavy atom. The fourth-order valence-corrected chi connectivity index (χ4v) is 3.73. The van der Waals surface area contributed by atoms with Gasteiger partial charge >= 0.3 is 0 Å². The van der Waals surface area contributed by atoms with Crippen molar-refractivity contribution in [2.24, 2.45) is 0 Å². The van der Waals surface area contributed by atoms with Crippen LogP contribution in [0.5, 0.6) is 0 Å². The third-order valence-electron chi connectivity index (χ3n) is 4.83. The molecule has 3 aromatic rings. The first-order valence-electron chi connectivity index (χ1n) is 8.92. The summed E-state index contributed by atoms with van der Waals surface area (Å²) in [6.07, 6.45) is 4.23. The molecule has 0 fully saturated rings. The number of nitrogens with zero attached hydrogens (tertiary/aromatic N) is 5. The van der Waals surface area contributed by atoms with Crippen molar-refractivity contribution in [2.75, 3.05) is 4.90 Å². The van der Waals surface area contributed by atoms with E-state index in [1.165, 1.54) is 0 Å². The highest BCUT2D eigenvalue weighted by Gasteiger charge is 2.23. The normalized spacial score (nSPS) is 17.4. The molecule has 1 atom stereocenters. The summed E-state index contributed by atoms with van der Waals surface area (Å²) in [7, 11) is 0. The van der Waals surface area contributed by atoms with Crippen molar-refractivity contribution in [3.63, 3.8) is 0 Å². The van der Waals surface area contributed by atoms with Gasteiger partial charge in [0.05, 0.1) is 16.9 Å². The van der Waals surface area contributed by atoms with Crippen LogP contribution in [0, 0.1) is 13.8 Å². The second-order valence-electron chi connectivity index (χ2n) is 6.65. The number of aromatic nitrogens is 4. The molecule has 0 saturated heterocycles. The SMILES string of the molecule is CCc1nc(C)c2c(C)nc3ccc(N4C=C(C)NC4CC)nc3n12. The zero-order valence-electron chi connectivity index (χ0n) is 15.5. The number of imidazole rings is 1. The van der Waals surface area contributed by atoms with E-state index >= 15 is 0 Å². The summed E-state index contributed by atoms with van der Waals surface area (Å²) in [5, 5.41) is 3.49. The highest BCUT2D eigenvalue weighted by molar-refractivity contribution is 5.79. The largest absolute Gasteiger partial charge is 0.367 e. The van der Waals surface area contributed by atoms with E-state index in [9.17, 15) is 0 Å². The summed E-state index contributed by atoms with van der Waals surface area (Å²) in [5.74, 6) is 1.97. The molecule has 0 spiro atoms. The molecule has 6 nitrogen and oxygen atoms in total. The summed E-state index contributed by atoms with van der Waals surface area (Å²) < 4.78 is 2.18. The number of allylic oxidation sites excluding steroid dienone is 1. The lowest BCUT2D eigenvalue weighted by Gasteiger charge is -2.23. The van der Waals surface area contributed by atoms with Crippen LogP contribution in [0.25, 0.3) is 16.7 Å². The molecule has 1 unspecified atom stereocenters. The van der Waals surface area contributed by atoms with Crippen molar-refractivity contribution in [3.8, 4) is 0 Å². The van der Waals surface area contributed by atoms with Crippen molar-refractivity contribution < 1.29 is 0 Å².